The van der Waals surface area contributed by atoms with Crippen LogP contribution in [0.25, 0.3) is 0 Å². The Bertz CT molecular complexity index is 857. The second kappa shape index (κ2) is 6.78. The van der Waals surface area contributed by atoms with Crippen molar-refractivity contribution in [2.24, 2.45) is 5.10 Å². The lowest BCUT2D eigenvalue weighted by Crippen LogP contribution is -2.19. The van der Waals surface area contributed by atoms with Gasteiger partial charge >= 0.3 is 0 Å². The number of phenolic OH excluding ortho intramolecular Hbond substituents is 1. The average Bonchev–Trinajstić information content (AvgIpc) is 2.44. The third-order valence-corrected chi connectivity index (χ3v) is 5.00. The second-order valence-corrected chi connectivity index (χ2v) is 7.40. The van der Waals surface area contributed by atoms with E-state index in [0.717, 1.165) is 5.56 Å². The number of nitrogens with one attached hydrogen (secondary N) is 1. The first-order chi connectivity index (χ1) is 10.7. The summed E-state index contributed by atoms with van der Waals surface area (Å²) in [5, 5.41) is 13.3. The first kappa shape index (κ1) is 17.6. The van der Waals surface area contributed by atoms with Gasteiger partial charge in [0.25, 0.3) is 10.0 Å². The highest BCUT2D eigenvalue weighted by molar-refractivity contribution is 7.89. The molecule has 2 rings (SSSR count). The van der Waals surface area contributed by atoms with Gasteiger partial charge in [-0.15, -0.1) is 0 Å². The molecule has 2 aromatic rings. The Kier molecular flexibility index (Phi) is 5.19. The number of hydrogen-bond acceptors (Lipinski definition) is 4. The number of hydrogen-bond donors (Lipinski definition) is 2. The van der Waals surface area contributed by atoms with Crippen molar-refractivity contribution in [1.82, 2.24) is 4.83 Å². The van der Waals surface area contributed by atoms with Crippen LogP contribution in [0.3, 0.4) is 0 Å². The Labute approximate surface area is 144 Å². The van der Waals surface area contributed by atoms with Crippen LogP contribution < -0.4 is 4.83 Å². The molecule has 2 aromatic carbocycles. The van der Waals surface area contributed by atoms with Gasteiger partial charge in [0.1, 0.15) is 0 Å². The van der Waals surface area contributed by atoms with E-state index in [2.05, 4.69) is 9.93 Å². The number of rotatable bonds is 4. The predicted molar refractivity (Wildman–Crippen MR) is 92.0 cm³/mol. The summed E-state index contributed by atoms with van der Waals surface area (Å²) in [7, 11) is -3.77. The third kappa shape index (κ3) is 4.16. The normalized spacial score (nSPS) is 11.8. The standard InChI is InChI=1S/C15H14Cl2N2O3S/c1-9-3-4-14(10(2)5-9)23(21,22)19-18-8-11-6-12(16)15(20)13(17)7-11/h3-8,19-20H,1-2H3/b18-8+. The van der Waals surface area contributed by atoms with Crippen LogP contribution in [0.15, 0.2) is 40.3 Å². The first-order valence-corrected chi connectivity index (χ1v) is 8.75. The summed E-state index contributed by atoms with van der Waals surface area (Å²) in [6, 6.07) is 7.84. The molecule has 0 unspecified atom stereocenters. The molecule has 0 aromatic heterocycles. The van der Waals surface area contributed by atoms with Gasteiger partial charge in [-0.2, -0.15) is 13.5 Å². The highest BCUT2D eigenvalue weighted by atomic mass is 35.5. The monoisotopic (exact) mass is 372 g/mol. The van der Waals surface area contributed by atoms with E-state index < -0.39 is 10.0 Å². The second-order valence-electron chi connectivity index (χ2n) is 4.96. The van der Waals surface area contributed by atoms with Crippen molar-refractivity contribution < 1.29 is 13.5 Å². The molecule has 5 nitrogen and oxygen atoms in total. The molecule has 0 aliphatic heterocycles. The number of hydrazone groups is 1. The van der Waals surface area contributed by atoms with Gasteiger partial charge in [-0.1, -0.05) is 40.9 Å². The predicted octanol–water partition coefficient (Wildman–Crippen LogP) is 3.63. The van der Waals surface area contributed by atoms with Gasteiger partial charge in [0.2, 0.25) is 0 Å². The summed E-state index contributed by atoms with van der Waals surface area (Å²) in [5.74, 6) is -0.235. The summed E-state index contributed by atoms with van der Waals surface area (Å²) in [6.45, 7) is 3.60. The quantitative estimate of drug-likeness (QED) is 0.635. The summed E-state index contributed by atoms with van der Waals surface area (Å²) in [4.78, 5) is 2.29. The van der Waals surface area contributed by atoms with E-state index in [1.807, 2.05) is 6.92 Å². The molecule has 0 saturated heterocycles. The third-order valence-electron chi connectivity index (χ3n) is 3.05. The van der Waals surface area contributed by atoms with Gasteiger partial charge in [0, 0.05) is 0 Å². The van der Waals surface area contributed by atoms with Crippen LogP contribution in [0, 0.1) is 13.8 Å². The topological polar surface area (TPSA) is 78.8 Å². The lowest BCUT2D eigenvalue weighted by Gasteiger charge is -2.07. The Balaban J connectivity index is 2.22. The molecule has 0 aliphatic carbocycles. The highest BCUT2D eigenvalue weighted by Crippen LogP contribution is 2.32. The molecule has 0 bridgehead atoms. The fraction of sp³-hybridized carbons (Fsp3) is 0.133. The molecule has 23 heavy (non-hydrogen) atoms. The van der Waals surface area contributed by atoms with E-state index in [-0.39, 0.29) is 20.7 Å². The Morgan fingerprint density at radius 2 is 1.74 bits per heavy atom. The van der Waals surface area contributed by atoms with E-state index in [1.54, 1.807) is 19.1 Å². The fourth-order valence-corrected chi connectivity index (χ4v) is 3.50. The van der Waals surface area contributed by atoms with Crippen LogP contribution in [-0.2, 0) is 10.0 Å². The number of aryl methyl sites for hydroxylation is 2. The SMILES string of the molecule is Cc1ccc(S(=O)(=O)N/N=C/c2cc(Cl)c(O)c(Cl)c2)c(C)c1. The van der Waals surface area contributed by atoms with Crippen molar-refractivity contribution >= 4 is 39.4 Å². The zero-order valence-corrected chi connectivity index (χ0v) is 14.7. The number of benzene rings is 2. The summed E-state index contributed by atoms with van der Waals surface area (Å²) >= 11 is 11.6. The van der Waals surface area contributed by atoms with Crippen molar-refractivity contribution in [3.05, 3.63) is 57.1 Å². The summed E-state index contributed by atoms with van der Waals surface area (Å²) < 4.78 is 24.5. The molecule has 122 valence electrons. The van der Waals surface area contributed by atoms with E-state index in [1.165, 1.54) is 24.4 Å². The van der Waals surface area contributed by atoms with Crippen molar-refractivity contribution in [2.75, 3.05) is 0 Å². The van der Waals surface area contributed by atoms with Crippen molar-refractivity contribution in [1.29, 1.82) is 0 Å². The molecule has 0 saturated carbocycles. The van der Waals surface area contributed by atoms with Gasteiger partial charge in [-0.3, -0.25) is 0 Å². The van der Waals surface area contributed by atoms with Crippen LogP contribution in [0.2, 0.25) is 10.0 Å². The minimum absolute atomic E-state index is 0.0520. The maximum absolute atomic E-state index is 12.2. The van der Waals surface area contributed by atoms with Crippen molar-refractivity contribution in [3.8, 4) is 5.75 Å². The molecule has 0 heterocycles. The zero-order valence-electron chi connectivity index (χ0n) is 12.3. The van der Waals surface area contributed by atoms with Gasteiger partial charge in [-0.25, -0.2) is 4.83 Å². The van der Waals surface area contributed by atoms with Crippen molar-refractivity contribution in [2.45, 2.75) is 18.7 Å². The van der Waals surface area contributed by atoms with Crippen LogP contribution in [0.1, 0.15) is 16.7 Å². The molecular weight excluding hydrogens is 359 g/mol. The number of phenols is 1. The molecule has 0 radical (unpaired) electrons. The first-order valence-electron chi connectivity index (χ1n) is 6.51. The van der Waals surface area contributed by atoms with Crippen LogP contribution >= 0.6 is 23.2 Å². The Hall–Kier alpha value is -1.76. The Morgan fingerprint density at radius 1 is 1.13 bits per heavy atom. The van der Waals surface area contributed by atoms with Gasteiger partial charge in [-0.05, 0) is 43.2 Å². The molecule has 2 N–H and O–H groups in total. The number of sulfonamides is 1. The molecule has 0 spiro atoms. The average molecular weight is 373 g/mol. The summed E-state index contributed by atoms with van der Waals surface area (Å²) in [5.41, 5.74) is 2.04. The zero-order chi connectivity index (χ0) is 17.2. The van der Waals surface area contributed by atoms with Crippen LogP contribution in [-0.4, -0.2) is 19.7 Å². The van der Waals surface area contributed by atoms with E-state index >= 15 is 0 Å². The van der Waals surface area contributed by atoms with Crippen molar-refractivity contribution in [3.63, 3.8) is 0 Å². The van der Waals surface area contributed by atoms with Crippen LogP contribution in [0.4, 0.5) is 0 Å². The molecule has 8 heteroatoms. The molecule has 0 amide bonds. The van der Waals surface area contributed by atoms with E-state index in [4.69, 9.17) is 23.2 Å². The molecule has 0 fully saturated rings. The fourth-order valence-electron chi connectivity index (χ4n) is 1.98. The highest BCUT2D eigenvalue weighted by Gasteiger charge is 2.15. The molecular formula is C15H14Cl2N2O3S. The molecule has 0 aliphatic rings. The lowest BCUT2D eigenvalue weighted by molar-refractivity contribution is 0.476. The molecule has 0 atom stereocenters. The number of halogens is 2. The Morgan fingerprint density at radius 3 is 2.30 bits per heavy atom. The number of nitrogens with zero attached hydrogens (tertiary/aromatic N) is 1. The minimum Gasteiger partial charge on any atom is -0.505 e. The van der Waals surface area contributed by atoms with Gasteiger partial charge in [0.15, 0.2) is 5.75 Å². The maximum atomic E-state index is 12.2. The lowest BCUT2D eigenvalue weighted by atomic mass is 10.2. The minimum atomic E-state index is -3.77. The number of aromatic hydroxyl groups is 1. The maximum Gasteiger partial charge on any atom is 0.276 e. The van der Waals surface area contributed by atoms with Gasteiger partial charge in [0.05, 0.1) is 21.2 Å². The van der Waals surface area contributed by atoms with E-state index in [9.17, 15) is 13.5 Å². The van der Waals surface area contributed by atoms with Gasteiger partial charge < -0.3 is 5.11 Å². The van der Waals surface area contributed by atoms with E-state index in [0.29, 0.717) is 11.1 Å². The van der Waals surface area contributed by atoms with Crippen LogP contribution in [0.5, 0.6) is 5.75 Å². The smallest absolute Gasteiger partial charge is 0.276 e. The summed E-state index contributed by atoms with van der Waals surface area (Å²) in [6.07, 6.45) is 1.25. The largest absolute Gasteiger partial charge is 0.505 e.